The fourth-order valence-corrected chi connectivity index (χ4v) is 11.0. The van der Waals surface area contributed by atoms with E-state index in [4.69, 9.17) is 15.0 Å². The van der Waals surface area contributed by atoms with Crippen LogP contribution < -0.4 is 0 Å². The van der Waals surface area contributed by atoms with Crippen molar-refractivity contribution in [2.45, 2.75) is 0 Å². The van der Waals surface area contributed by atoms with Crippen LogP contribution in [0, 0.1) is 0 Å². The minimum Gasteiger partial charge on any atom is -0.246 e. The zero-order chi connectivity index (χ0) is 39.6. The van der Waals surface area contributed by atoms with Crippen LogP contribution in [-0.2, 0) is 0 Å². The Morgan fingerprint density at radius 1 is 0.317 bits per heavy atom. The average molecular weight is 800 g/mol. The van der Waals surface area contributed by atoms with E-state index in [-0.39, 0.29) is 0 Å². The number of benzene rings is 8. The van der Waals surface area contributed by atoms with Gasteiger partial charge in [0.25, 0.3) is 0 Å². The molecule has 4 heterocycles. The summed E-state index contributed by atoms with van der Waals surface area (Å²) in [6.45, 7) is 0. The maximum absolute atomic E-state index is 5.28. The topological polar surface area (TPSA) is 38.7 Å². The monoisotopic (exact) mass is 799 g/mol. The molecule has 0 radical (unpaired) electrons. The van der Waals surface area contributed by atoms with E-state index < -0.39 is 0 Å². The van der Waals surface area contributed by atoms with Gasteiger partial charge in [-0.25, -0.2) is 15.0 Å². The van der Waals surface area contributed by atoms with Crippen LogP contribution in [0.15, 0.2) is 200 Å². The smallest absolute Gasteiger partial charge is 0.160 e. The molecule has 5 heteroatoms. The first-order valence-electron chi connectivity index (χ1n) is 20.1. The fraction of sp³-hybridized carbons (Fsp3) is 0. The van der Waals surface area contributed by atoms with Gasteiger partial charge in [-0.05, 0) is 58.7 Å². The molecule has 280 valence electrons. The first kappa shape index (κ1) is 34.7. The van der Waals surface area contributed by atoms with Crippen LogP contribution in [0.5, 0.6) is 0 Å². The van der Waals surface area contributed by atoms with Crippen molar-refractivity contribution in [3.8, 4) is 67.4 Å². The van der Waals surface area contributed by atoms with Crippen molar-refractivity contribution in [3.05, 3.63) is 200 Å². The van der Waals surface area contributed by atoms with Gasteiger partial charge in [0, 0.05) is 63.3 Å². The van der Waals surface area contributed by atoms with E-state index >= 15 is 0 Å². The number of hydrogen-bond acceptors (Lipinski definition) is 5. The Labute approximate surface area is 354 Å². The Hall–Kier alpha value is -7.31. The summed E-state index contributed by atoms with van der Waals surface area (Å²) in [5.41, 5.74) is 12.6. The molecule has 3 nitrogen and oxygen atoms in total. The number of thiophene rings is 2. The van der Waals surface area contributed by atoms with Crippen LogP contribution in [0.25, 0.3) is 119 Å². The first-order chi connectivity index (χ1) is 29.7. The molecule has 0 aliphatic carbocycles. The van der Waals surface area contributed by atoms with E-state index in [2.05, 4.69) is 194 Å². The highest BCUT2D eigenvalue weighted by Gasteiger charge is 2.18. The molecule has 0 N–H and O–H groups in total. The summed E-state index contributed by atoms with van der Waals surface area (Å²) in [7, 11) is 0. The lowest BCUT2D eigenvalue weighted by Gasteiger charge is -2.12. The van der Waals surface area contributed by atoms with Gasteiger partial charge in [-0.15, -0.1) is 22.7 Å². The summed E-state index contributed by atoms with van der Waals surface area (Å²) in [6.07, 6.45) is 0. The third-order valence-electron chi connectivity index (χ3n) is 11.5. The van der Waals surface area contributed by atoms with Gasteiger partial charge in [-0.2, -0.15) is 0 Å². The maximum atomic E-state index is 5.28. The molecule has 4 aromatic heterocycles. The molecule has 0 aliphatic rings. The SMILES string of the molecule is c1ccc(-c2cc(-c3ccc(-c4cccc5c4sc4ccccc45)cc3)nc(-c3cccc(-c4ccc5nc(-c6ccccc6)c6sc7ccccc7c6c5c4)c3)n2)cc1. The summed E-state index contributed by atoms with van der Waals surface area (Å²) in [5, 5.41) is 6.29. The molecular weight excluding hydrogens is 767 g/mol. The summed E-state index contributed by atoms with van der Waals surface area (Å²) in [5.74, 6) is 0.688. The van der Waals surface area contributed by atoms with Crippen LogP contribution >= 0.6 is 22.7 Å². The van der Waals surface area contributed by atoms with Crippen molar-refractivity contribution >= 4 is 73.9 Å². The molecule has 0 amide bonds. The predicted octanol–water partition coefficient (Wildman–Crippen LogP) is 15.8. The van der Waals surface area contributed by atoms with E-state index in [1.807, 2.05) is 28.7 Å². The molecule has 0 saturated heterocycles. The summed E-state index contributed by atoms with van der Waals surface area (Å²) < 4.78 is 5.10. The highest BCUT2D eigenvalue weighted by molar-refractivity contribution is 7.26. The van der Waals surface area contributed by atoms with E-state index in [0.29, 0.717) is 5.82 Å². The van der Waals surface area contributed by atoms with Crippen LogP contribution in [0.4, 0.5) is 0 Å². The molecule has 12 rings (SSSR count). The molecule has 0 saturated carbocycles. The van der Waals surface area contributed by atoms with E-state index in [1.54, 1.807) is 0 Å². The Morgan fingerprint density at radius 2 is 0.867 bits per heavy atom. The molecule has 0 bridgehead atoms. The predicted molar refractivity (Wildman–Crippen MR) is 256 cm³/mol. The third kappa shape index (κ3) is 5.90. The lowest BCUT2D eigenvalue weighted by molar-refractivity contribution is 1.18. The van der Waals surface area contributed by atoms with Crippen molar-refractivity contribution in [3.63, 3.8) is 0 Å². The number of pyridine rings is 1. The van der Waals surface area contributed by atoms with Crippen LogP contribution in [0.3, 0.4) is 0 Å². The number of fused-ring (bicyclic) bond motifs is 8. The molecule has 0 unspecified atom stereocenters. The Balaban J connectivity index is 0.961. The standard InChI is InChI=1S/C55H33N3S2/c1-3-13-35(14-4-1)47-33-48(36-27-25-34(26-28-36)41-21-12-22-43-42-19-7-9-23-49(42)59-53(41)43)58-55(57-47)40-18-11-17-38(31-40)39-29-30-46-45(32-39)51-44-20-8-10-24-50(44)60-54(51)52(56-46)37-15-5-2-6-16-37/h1-33H. The minimum absolute atomic E-state index is 0.688. The quantitative estimate of drug-likeness (QED) is 0.168. The average Bonchev–Trinajstić information content (AvgIpc) is 3.91. The molecule has 12 aromatic rings. The van der Waals surface area contributed by atoms with E-state index in [0.717, 1.165) is 61.4 Å². The summed E-state index contributed by atoms with van der Waals surface area (Å²) in [6, 6.07) is 71.2. The molecule has 0 spiro atoms. The number of aromatic nitrogens is 3. The normalized spacial score (nSPS) is 11.7. The highest BCUT2D eigenvalue weighted by atomic mass is 32.1. The van der Waals surface area contributed by atoms with Gasteiger partial charge in [0.05, 0.1) is 27.3 Å². The molecular formula is C55H33N3S2. The summed E-state index contributed by atoms with van der Waals surface area (Å²) >= 11 is 3.68. The Bertz CT molecular complexity index is 3590. The van der Waals surface area contributed by atoms with Crippen LogP contribution in [0.1, 0.15) is 0 Å². The van der Waals surface area contributed by atoms with Gasteiger partial charge in [0.15, 0.2) is 5.82 Å². The maximum Gasteiger partial charge on any atom is 0.160 e. The lowest BCUT2D eigenvalue weighted by Crippen LogP contribution is -1.96. The molecule has 0 atom stereocenters. The largest absolute Gasteiger partial charge is 0.246 e. The second-order valence-corrected chi connectivity index (χ2v) is 17.2. The van der Waals surface area contributed by atoms with Crippen LogP contribution in [0.2, 0.25) is 0 Å². The number of rotatable bonds is 6. The van der Waals surface area contributed by atoms with Gasteiger partial charge in [0.2, 0.25) is 0 Å². The molecule has 60 heavy (non-hydrogen) atoms. The Morgan fingerprint density at radius 3 is 1.65 bits per heavy atom. The van der Waals surface area contributed by atoms with Gasteiger partial charge in [0.1, 0.15) is 0 Å². The van der Waals surface area contributed by atoms with Gasteiger partial charge >= 0.3 is 0 Å². The van der Waals surface area contributed by atoms with Crippen molar-refractivity contribution in [1.82, 2.24) is 15.0 Å². The third-order valence-corrected chi connectivity index (χ3v) is 13.9. The molecule has 0 aliphatic heterocycles. The minimum atomic E-state index is 0.688. The molecule has 8 aromatic carbocycles. The van der Waals surface area contributed by atoms with Crippen molar-refractivity contribution < 1.29 is 0 Å². The summed E-state index contributed by atoms with van der Waals surface area (Å²) in [4.78, 5) is 15.7. The zero-order valence-electron chi connectivity index (χ0n) is 32.2. The lowest BCUT2D eigenvalue weighted by atomic mass is 9.97. The molecule has 0 fully saturated rings. The van der Waals surface area contributed by atoms with Crippen LogP contribution in [-0.4, -0.2) is 15.0 Å². The van der Waals surface area contributed by atoms with E-state index in [1.165, 1.54) is 51.5 Å². The first-order valence-corrected chi connectivity index (χ1v) is 21.7. The van der Waals surface area contributed by atoms with Crippen molar-refractivity contribution in [2.75, 3.05) is 0 Å². The second-order valence-electron chi connectivity index (χ2n) is 15.1. The number of hydrogen-bond donors (Lipinski definition) is 0. The van der Waals surface area contributed by atoms with Gasteiger partial charge < -0.3 is 0 Å². The number of nitrogens with zero attached hydrogens (tertiary/aromatic N) is 3. The van der Waals surface area contributed by atoms with Crippen molar-refractivity contribution in [2.24, 2.45) is 0 Å². The van der Waals surface area contributed by atoms with Crippen molar-refractivity contribution in [1.29, 1.82) is 0 Å². The zero-order valence-corrected chi connectivity index (χ0v) is 33.8. The second kappa shape index (κ2) is 14.2. The van der Waals surface area contributed by atoms with Gasteiger partial charge in [-0.3, -0.25) is 0 Å². The van der Waals surface area contributed by atoms with E-state index in [9.17, 15) is 0 Å². The fourth-order valence-electron chi connectivity index (χ4n) is 8.57. The van der Waals surface area contributed by atoms with Gasteiger partial charge in [-0.1, -0.05) is 164 Å². The highest BCUT2D eigenvalue weighted by Crippen LogP contribution is 2.44. The Kier molecular flexibility index (Phi) is 8.22.